The Kier molecular flexibility index (Phi) is 16.0. The van der Waals surface area contributed by atoms with Crippen molar-refractivity contribution in [1.29, 1.82) is 0 Å². The highest BCUT2D eigenvalue weighted by atomic mass is 32.1. The monoisotopic (exact) mass is 1120 g/mol. The molecule has 2 fully saturated rings. The maximum Gasteiger partial charge on any atom is 0.399 e. The fraction of sp³-hybridized carbons (Fsp3) is 0.357. The first-order chi connectivity index (χ1) is 37.5. The molecule has 0 radical (unpaired) electrons. The zero-order valence-corrected chi connectivity index (χ0v) is 44.8. The number of morpholine rings is 1. The zero-order chi connectivity index (χ0) is 56.6. The van der Waals surface area contributed by atoms with E-state index in [4.69, 9.17) is 9.47 Å². The minimum atomic E-state index is -5.87. The van der Waals surface area contributed by atoms with E-state index in [1.165, 1.54) is 23.1 Å². The summed E-state index contributed by atoms with van der Waals surface area (Å²) < 4.78 is 53.3. The molecule has 8 amide bonds. The van der Waals surface area contributed by atoms with Gasteiger partial charge in [0.25, 0.3) is 23.6 Å². The molecule has 79 heavy (non-hydrogen) atoms. The molecule has 4 atom stereocenters. The van der Waals surface area contributed by atoms with Crippen LogP contribution in [0.25, 0.3) is 10.1 Å². The van der Waals surface area contributed by atoms with Crippen molar-refractivity contribution in [3.8, 4) is 17.6 Å². The first-order valence-corrected chi connectivity index (χ1v) is 27.8. The standard InChI is InChI=1S/C56H55F2N6O13PS/c1-55(2,3)48(61-50(68)44-28-35-25-37(17-20-43(35)79-44)56(57,58)78(73,74)75)54(72)63-29-36-26-38(18-16-34(36)27-41(63)52(70)62-23-24-76-42(30-62)32-11-6-4-7-12-32)77-31-46(66)59-22-9-5-8-13-33-14-10-15-39-47(33)53(71)64(51(39)69)40-19-21-45(65)60-49(40)67/h4,6-7,10-12,14-18,20,25-26,28,40-42,48H,5,9,19,21-24,27,29-31H2,1-3H3,(H,59,66)(H,61,68)(H,60,65,67)(H2,73,74,75)/t40?,41-,42-,48+/m0/s1. The summed E-state index contributed by atoms with van der Waals surface area (Å²) >= 11 is 0.936. The van der Waals surface area contributed by atoms with Gasteiger partial charge in [-0.05, 0) is 82.8 Å². The van der Waals surface area contributed by atoms with Crippen molar-refractivity contribution >= 4 is 76.3 Å². The van der Waals surface area contributed by atoms with Gasteiger partial charge in [-0.1, -0.05) is 81.1 Å². The minimum Gasteiger partial charge on any atom is -0.484 e. The van der Waals surface area contributed by atoms with E-state index in [0.29, 0.717) is 34.4 Å². The highest BCUT2D eigenvalue weighted by Crippen LogP contribution is 2.59. The van der Waals surface area contributed by atoms with Gasteiger partial charge in [0.15, 0.2) is 6.61 Å². The summed E-state index contributed by atoms with van der Waals surface area (Å²) in [6, 6.07) is 20.2. The molecule has 9 rings (SSSR count). The Hall–Kier alpha value is -7.67. The molecule has 1 aromatic heterocycles. The number of carbonyl (C=O) groups excluding carboxylic acids is 8. The van der Waals surface area contributed by atoms with E-state index in [1.54, 1.807) is 56.0 Å². The number of amides is 8. The second-order valence-corrected chi connectivity index (χ2v) is 23.3. The third-order valence-corrected chi connectivity index (χ3v) is 16.2. The molecule has 4 aliphatic rings. The van der Waals surface area contributed by atoms with Crippen molar-refractivity contribution in [3.63, 3.8) is 0 Å². The average molecular weight is 1120 g/mol. The van der Waals surface area contributed by atoms with E-state index >= 15 is 4.79 Å². The molecule has 4 aromatic carbocycles. The molecule has 2 saturated heterocycles. The Morgan fingerprint density at radius 2 is 1.72 bits per heavy atom. The third-order valence-electron chi connectivity index (χ3n) is 14.1. The smallest absolute Gasteiger partial charge is 0.399 e. The Morgan fingerprint density at radius 1 is 0.949 bits per heavy atom. The molecule has 5 aromatic rings. The van der Waals surface area contributed by atoms with Crippen molar-refractivity contribution in [2.45, 2.75) is 89.3 Å². The number of nitrogens with one attached hydrogen (secondary N) is 3. The van der Waals surface area contributed by atoms with Crippen LogP contribution in [0.15, 0.2) is 91.0 Å². The first kappa shape index (κ1) is 56.1. The fourth-order valence-electron chi connectivity index (χ4n) is 9.94. The molecule has 23 heteroatoms. The maximum absolute atomic E-state index is 15.1. The number of rotatable bonds is 14. The van der Waals surface area contributed by atoms with E-state index in [1.807, 2.05) is 30.3 Å². The molecule has 4 aliphatic heterocycles. The molecule has 0 spiro atoms. The Balaban J connectivity index is 0.865. The number of nitrogens with zero attached hydrogens (tertiary/aromatic N) is 3. The van der Waals surface area contributed by atoms with Crippen molar-refractivity contribution in [1.82, 2.24) is 30.7 Å². The summed E-state index contributed by atoms with van der Waals surface area (Å²) in [6.45, 7) is 5.73. The second-order valence-electron chi connectivity index (χ2n) is 20.6. The largest absolute Gasteiger partial charge is 0.484 e. The van der Waals surface area contributed by atoms with Gasteiger partial charge >= 0.3 is 13.3 Å². The van der Waals surface area contributed by atoms with E-state index in [0.717, 1.165) is 39.5 Å². The molecule has 412 valence electrons. The number of thiophene rings is 1. The minimum absolute atomic E-state index is 0.00595. The van der Waals surface area contributed by atoms with Crippen LogP contribution in [0, 0.1) is 17.3 Å². The van der Waals surface area contributed by atoms with Crippen LogP contribution in [0.4, 0.5) is 8.78 Å². The molecular weight excluding hydrogens is 1070 g/mol. The highest BCUT2D eigenvalue weighted by Gasteiger charge is 2.51. The quantitative estimate of drug-likeness (QED) is 0.0396. The van der Waals surface area contributed by atoms with E-state index < -0.39 is 89.8 Å². The normalized spacial score (nSPS) is 19.0. The summed E-state index contributed by atoms with van der Waals surface area (Å²) in [6.07, 6.45) is 0.433. The molecular formula is C56H55F2N6O13PS. The van der Waals surface area contributed by atoms with Gasteiger partial charge in [-0.15, -0.1) is 11.3 Å². The van der Waals surface area contributed by atoms with Crippen molar-refractivity contribution in [2.24, 2.45) is 5.41 Å². The van der Waals surface area contributed by atoms with Gasteiger partial charge in [-0.25, -0.2) is 0 Å². The zero-order valence-electron chi connectivity index (χ0n) is 43.1. The summed E-state index contributed by atoms with van der Waals surface area (Å²) in [5, 5.41) is 7.93. The Bertz CT molecular complexity index is 3420. The number of alkyl halides is 2. The van der Waals surface area contributed by atoms with Gasteiger partial charge in [0.1, 0.15) is 30.0 Å². The maximum atomic E-state index is 15.1. The lowest BCUT2D eigenvalue weighted by Crippen LogP contribution is -2.61. The molecule has 19 nitrogen and oxygen atoms in total. The lowest BCUT2D eigenvalue weighted by atomic mass is 9.84. The summed E-state index contributed by atoms with van der Waals surface area (Å²) in [4.78, 5) is 130. The number of ether oxygens (including phenoxy) is 2. The van der Waals surface area contributed by atoms with Gasteiger partial charge in [-0.2, -0.15) is 8.78 Å². The number of halogens is 2. The Labute approximate surface area is 456 Å². The number of hydrogen-bond donors (Lipinski definition) is 5. The van der Waals surface area contributed by atoms with E-state index in [2.05, 4.69) is 27.8 Å². The van der Waals surface area contributed by atoms with Gasteiger partial charge in [0.05, 0.1) is 29.2 Å². The van der Waals surface area contributed by atoms with Crippen molar-refractivity contribution in [2.75, 3.05) is 32.8 Å². The number of hydrogen-bond acceptors (Lipinski definition) is 12. The van der Waals surface area contributed by atoms with Crippen LogP contribution in [0.2, 0.25) is 0 Å². The van der Waals surface area contributed by atoms with Crippen LogP contribution in [0.1, 0.15) is 111 Å². The fourth-order valence-corrected chi connectivity index (χ4v) is 11.4. The SMILES string of the molecule is CC(C)(C)[C@H](NC(=O)c1cc2cc(C(F)(F)P(=O)(O)O)ccc2s1)C(=O)N1Cc2cc(OCC(=O)NCCCC#Cc3cccc4c3C(=O)N(C3CCC(=O)NC3=O)C4=O)ccc2C[C@H]1C(=O)N1CCO[C@H](c2ccccc2)C1. The van der Waals surface area contributed by atoms with Crippen LogP contribution in [-0.2, 0) is 51.9 Å². The van der Waals surface area contributed by atoms with Crippen LogP contribution in [0.5, 0.6) is 5.75 Å². The van der Waals surface area contributed by atoms with Gasteiger partial charge in [0.2, 0.25) is 23.6 Å². The topological polar surface area (TPSA) is 258 Å². The van der Waals surface area contributed by atoms with E-state index in [9.17, 15) is 56.7 Å². The molecule has 5 heterocycles. The van der Waals surface area contributed by atoms with Crippen LogP contribution in [-0.4, -0.2) is 123 Å². The van der Waals surface area contributed by atoms with Gasteiger partial charge < -0.3 is 39.7 Å². The number of unbranched alkanes of at least 4 members (excludes halogenated alkanes) is 1. The Morgan fingerprint density at radius 3 is 2.46 bits per heavy atom. The molecule has 1 unspecified atom stereocenters. The highest BCUT2D eigenvalue weighted by molar-refractivity contribution is 7.52. The lowest BCUT2D eigenvalue weighted by Gasteiger charge is -2.43. The van der Waals surface area contributed by atoms with Crippen molar-refractivity contribution < 1.29 is 71.0 Å². The molecule has 0 aliphatic carbocycles. The van der Waals surface area contributed by atoms with Crippen LogP contribution < -0.4 is 20.7 Å². The number of benzene rings is 4. The molecule has 5 N–H and O–H groups in total. The number of fused-ring (bicyclic) bond motifs is 3. The average Bonchev–Trinajstić information content (AvgIpc) is 4.22. The van der Waals surface area contributed by atoms with E-state index in [-0.39, 0.29) is 86.0 Å². The van der Waals surface area contributed by atoms with Gasteiger partial charge in [-0.3, -0.25) is 53.1 Å². The summed E-state index contributed by atoms with van der Waals surface area (Å²) in [5.41, 5.74) is -3.59. The first-order valence-electron chi connectivity index (χ1n) is 25.4. The lowest BCUT2D eigenvalue weighted by molar-refractivity contribution is -0.153. The summed E-state index contributed by atoms with van der Waals surface area (Å²) in [5.74, 6) is 1.67. The van der Waals surface area contributed by atoms with Crippen LogP contribution in [0.3, 0.4) is 0 Å². The predicted octanol–water partition coefficient (Wildman–Crippen LogP) is 5.55. The van der Waals surface area contributed by atoms with Crippen LogP contribution >= 0.6 is 18.9 Å². The molecule has 0 bridgehead atoms. The third kappa shape index (κ3) is 11.9. The van der Waals surface area contributed by atoms with Gasteiger partial charge in [0, 0.05) is 54.7 Å². The van der Waals surface area contributed by atoms with Crippen molar-refractivity contribution in [3.05, 3.63) is 135 Å². The predicted molar refractivity (Wildman–Crippen MR) is 282 cm³/mol. The number of carbonyl (C=O) groups is 8. The number of piperidine rings is 1. The summed E-state index contributed by atoms with van der Waals surface area (Å²) in [7, 11) is -5.87. The number of imide groups is 2. The molecule has 0 saturated carbocycles. The second kappa shape index (κ2) is 22.6.